The van der Waals surface area contributed by atoms with Crippen molar-refractivity contribution < 1.29 is 9.59 Å². The average molecular weight is 374 g/mol. The number of hydrogen-bond donors (Lipinski definition) is 3. The molecule has 0 heterocycles. The summed E-state index contributed by atoms with van der Waals surface area (Å²) in [7, 11) is 0. The molecule has 0 unspecified atom stereocenters. The lowest BCUT2D eigenvalue weighted by molar-refractivity contribution is -0.119. The first-order valence-corrected chi connectivity index (χ1v) is 10.6. The minimum atomic E-state index is -0.00531. The van der Waals surface area contributed by atoms with E-state index in [-0.39, 0.29) is 18.4 Å². The van der Waals surface area contributed by atoms with E-state index in [0.29, 0.717) is 11.6 Å². The maximum atomic E-state index is 12.3. The molecule has 0 saturated heterocycles. The van der Waals surface area contributed by atoms with Gasteiger partial charge in [0.1, 0.15) is 0 Å². The second-order valence-corrected chi connectivity index (χ2v) is 7.50. The molecule has 1 aromatic rings. The monoisotopic (exact) mass is 373 g/mol. The van der Waals surface area contributed by atoms with Crippen molar-refractivity contribution in [1.29, 1.82) is 0 Å². The van der Waals surface area contributed by atoms with Gasteiger partial charge in [0.2, 0.25) is 5.91 Å². The third-order valence-corrected chi connectivity index (χ3v) is 5.14. The summed E-state index contributed by atoms with van der Waals surface area (Å²) < 4.78 is 0. The highest BCUT2D eigenvalue weighted by atomic mass is 16.2. The highest BCUT2D eigenvalue weighted by molar-refractivity contribution is 5.94. The van der Waals surface area contributed by atoms with E-state index in [1.54, 1.807) is 0 Å². The zero-order valence-corrected chi connectivity index (χ0v) is 16.7. The smallest absolute Gasteiger partial charge is 0.251 e. The van der Waals surface area contributed by atoms with Crippen molar-refractivity contribution >= 4 is 17.5 Å². The first kappa shape index (κ1) is 21.3. The molecule has 0 spiro atoms. The molecular weight excluding hydrogens is 338 g/mol. The van der Waals surface area contributed by atoms with Crippen LogP contribution in [0, 0.1) is 0 Å². The molecule has 1 aliphatic carbocycles. The maximum absolute atomic E-state index is 12.3. The zero-order chi connectivity index (χ0) is 19.3. The van der Waals surface area contributed by atoms with Gasteiger partial charge in [-0.3, -0.25) is 9.59 Å². The van der Waals surface area contributed by atoms with Gasteiger partial charge in [-0.05, 0) is 43.5 Å². The minimum Gasteiger partial charge on any atom is -0.376 e. The van der Waals surface area contributed by atoms with E-state index in [0.717, 1.165) is 31.5 Å². The maximum Gasteiger partial charge on any atom is 0.251 e. The average Bonchev–Trinajstić information content (AvgIpc) is 2.70. The van der Waals surface area contributed by atoms with Gasteiger partial charge in [0, 0.05) is 23.8 Å². The first-order valence-electron chi connectivity index (χ1n) is 10.6. The summed E-state index contributed by atoms with van der Waals surface area (Å²) in [4.78, 5) is 24.2. The number of rotatable bonds is 11. The van der Waals surface area contributed by atoms with E-state index in [1.807, 2.05) is 24.3 Å². The van der Waals surface area contributed by atoms with Crippen LogP contribution in [0.15, 0.2) is 24.3 Å². The van der Waals surface area contributed by atoms with Crippen LogP contribution in [-0.4, -0.2) is 30.9 Å². The number of unbranched alkanes of at least 4 members (excludes halogenated alkanes) is 4. The third-order valence-electron chi connectivity index (χ3n) is 5.14. The summed E-state index contributed by atoms with van der Waals surface area (Å²) in [5, 5.41) is 9.17. The van der Waals surface area contributed by atoms with Crippen molar-refractivity contribution in [2.45, 2.75) is 77.2 Å². The molecule has 0 atom stereocenters. The standard InChI is InChI=1S/C22H35N3O2/c1-2-3-4-5-9-16-23-21(26)17-24-19-14-12-18(13-15-19)22(27)25-20-10-7-6-8-11-20/h12-15,20,24H,2-11,16-17H2,1H3,(H,23,26)(H,25,27). The number of nitrogens with one attached hydrogen (secondary N) is 3. The molecular formula is C22H35N3O2. The van der Waals surface area contributed by atoms with Crippen LogP contribution < -0.4 is 16.0 Å². The van der Waals surface area contributed by atoms with E-state index in [4.69, 9.17) is 0 Å². The van der Waals surface area contributed by atoms with Crippen LogP contribution in [0.4, 0.5) is 5.69 Å². The van der Waals surface area contributed by atoms with Gasteiger partial charge in [-0.2, -0.15) is 0 Å². The van der Waals surface area contributed by atoms with Crippen LogP contribution in [-0.2, 0) is 4.79 Å². The molecule has 3 N–H and O–H groups in total. The summed E-state index contributed by atoms with van der Waals surface area (Å²) in [6.07, 6.45) is 11.8. The molecule has 2 rings (SSSR count). The number of carbonyl (C=O) groups is 2. The van der Waals surface area contributed by atoms with Crippen molar-refractivity contribution in [2.75, 3.05) is 18.4 Å². The van der Waals surface area contributed by atoms with E-state index in [9.17, 15) is 9.59 Å². The molecule has 5 heteroatoms. The Balaban J connectivity index is 1.64. The van der Waals surface area contributed by atoms with Crippen LogP contribution >= 0.6 is 0 Å². The number of hydrogen-bond acceptors (Lipinski definition) is 3. The van der Waals surface area contributed by atoms with Gasteiger partial charge in [0.25, 0.3) is 5.91 Å². The Morgan fingerprint density at radius 2 is 1.67 bits per heavy atom. The predicted octanol–water partition coefficient (Wildman–Crippen LogP) is 4.25. The van der Waals surface area contributed by atoms with Crippen molar-refractivity contribution in [3.05, 3.63) is 29.8 Å². The Labute approximate surface area is 163 Å². The lowest BCUT2D eigenvalue weighted by Gasteiger charge is -2.22. The van der Waals surface area contributed by atoms with Crippen LogP contribution in [0.5, 0.6) is 0 Å². The molecule has 27 heavy (non-hydrogen) atoms. The fourth-order valence-electron chi connectivity index (χ4n) is 3.46. The largest absolute Gasteiger partial charge is 0.376 e. The Bertz CT molecular complexity index is 565. The molecule has 1 fully saturated rings. The summed E-state index contributed by atoms with van der Waals surface area (Å²) in [5.41, 5.74) is 1.52. The fraction of sp³-hybridized carbons (Fsp3) is 0.636. The van der Waals surface area contributed by atoms with Crippen molar-refractivity contribution in [2.24, 2.45) is 0 Å². The number of carbonyl (C=O) groups excluding carboxylic acids is 2. The molecule has 1 saturated carbocycles. The summed E-state index contributed by atoms with van der Waals surface area (Å²) in [6.45, 7) is 3.19. The van der Waals surface area contributed by atoms with Crippen LogP contribution in [0.1, 0.15) is 81.5 Å². The Morgan fingerprint density at radius 3 is 2.37 bits per heavy atom. The normalized spacial score (nSPS) is 14.6. The highest BCUT2D eigenvalue weighted by Gasteiger charge is 2.16. The molecule has 2 amide bonds. The molecule has 5 nitrogen and oxygen atoms in total. The molecule has 1 aromatic carbocycles. The van der Waals surface area contributed by atoms with Gasteiger partial charge in [0.05, 0.1) is 6.54 Å². The Hall–Kier alpha value is -2.04. The second kappa shape index (κ2) is 12.4. The third kappa shape index (κ3) is 8.46. The predicted molar refractivity (Wildman–Crippen MR) is 111 cm³/mol. The van der Waals surface area contributed by atoms with Gasteiger partial charge in [-0.25, -0.2) is 0 Å². The molecule has 150 valence electrons. The van der Waals surface area contributed by atoms with Crippen molar-refractivity contribution in [3.8, 4) is 0 Å². The van der Waals surface area contributed by atoms with E-state index < -0.39 is 0 Å². The van der Waals surface area contributed by atoms with E-state index in [1.165, 1.54) is 44.9 Å². The Morgan fingerprint density at radius 1 is 0.963 bits per heavy atom. The number of amides is 2. The van der Waals surface area contributed by atoms with Crippen LogP contribution in [0.3, 0.4) is 0 Å². The lowest BCUT2D eigenvalue weighted by Crippen LogP contribution is -2.36. The summed E-state index contributed by atoms with van der Waals surface area (Å²) in [5.74, 6) is -0.00104. The zero-order valence-electron chi connectivity index (χ0n) is 16.7. The molecule has 0 radical (unpaired) electrons. The summed E-state index contributed by atoms with van der Waals surface area (Å²) >= 11 is 0. The van der Waals surface area contributed by atoms with Crippen molar-refractivity contribution in [3.63, 3.8) is 0 Å². The van der Waals surface area contributed by atoms with Gasteiger partial charge < -0.3 is 16.0 Å². The SMILES string of the molecule is CCCCCCCNC(=O)CNc1ccc(C(=O)NC2CCCCC2)cc1. The lowest BCUT2D eigenvalue weighted by atomic mass is 9.95. The first-order chi connectivity index (χ1) is 13.2. The van der Waals surface area contributed by atoms with Crippen LogP contribution in [0.2, 0.25) is 0 Å². The van der Waals surface area contributed by atoms with Gasteiger partial charge in [0.15, 0.2) is 0 Å². The van der Waals surface area contributed by atoms with Crippen molar-refractivity contribution in [1.82, 2.24) is 10.6 Å². The molecule has 0 bridgehead atoms. The molecule has 1 aliphatic rings. The summed E-state index contributed by atoms with van der Waals surface area (Å²) in [6, 6.07) is 7.65. The van der Waals surface area contributed by atoms with Gasteiger partial charge >= 0.3 is 0 Å². The quantitative estimate of drug-likeness (QED) is 0.508. The molecule has 0 aromatic heterocycles. The van der Waals surface area contributed by atoms with Crippen LogP contribution in [0.25, 0.3) is 0 Å². The van der Waals surface area contributed by atoms with Gasteiger partial charge in [-0.15, -0.1) is 0 Å². The Kier molecular flexibility index (Phi) is 9.74. The molecule has 0 aliphatic heterocycles. The van der Waals surface area contributed by atoms with Gasteiger partial charge in [-0.1, -0.05) is 51.9 Å². The number of benzene rings is 1. The minimum absolute atomic E-state index is 0.00427. The number of anilines is 1. The fourth-order valence-corrected chi connectivity index (χ4v) is 3.46. The second-order valence-electron chi connectivity index (χ2n) is 7.50. The van der Waals surface area contributed by atoms with E-state index in [2.05, 4.69) is 22.9 Å². The topological polar surface area (TPSA) is 70.2 Å². The highest BCUT2D eigenvalue weighted by Crippen LogP contribution is 2.18. The van der Waals surface area contributed by atoms with E-state index >= 15 is 0 Å².